The Kier molecular flexibility index (Phi) is 2.01. The molecule has 0 aliphatic heterocycles. The maximum Gasteiger partial charge on any atom is 0.121 e. The summed E-state index contributed by atoms with van der Waals surface area (Å²) in [5, 5.41) is 2.35. The minimum absolute atomic E-state index is 0.953. The molecular formula is C11H7Cl. The predicted molar refractivity (Wildman–Crippen MR) is 52.1 cm³/mol. The van der Waals surface area contributed by atoms with Crippen LogP contribution in [0, 0.1) is 5.88 Å². The van der Waals surface area contributed by atoms with E-state index in [1.807, 2.05) is 30.3 Å². The van der Waals surface area contributed by atoms with E-state index in [1.165, 1.54) is 5.39 Å². The normalized spacial score (nSPS) is 10.4. The summed E-state index contributed by atoms with van der Waals surface area (Å²) in [5.74, 6) is 2.64. The third-order valence-corrected chi connectivity index (χ3v) is 2.10. The van der Waals surface area contributed by atoms with Crippen LogP contribution in [0.4, 0.5) is 0 Å². The third-order valence-electron chi connectivity index (χ3n) is 1.89. The Balaban J connectivity index is 2.79. The summed E-state index contributed by atoms with van der Waals surface area (Å²) in [5.41, 5.74) is 0.953. The van der Waals surface area contributed by atoms with E-state index in [-0.39, 0.29) is 0 Å². The maximum atomic E-state index is 5.56. The fraction of sp³-hybridized carbons (Fsp3) is 0. The molecule has 1 heteroatoms. The van der Waals surface area contributed by atoms with Gasteiger partial charge in [0.15, 0.2) is 0 Å². The second kappa shape index (κ2) is 3.16. The van der Waals surface area contributed by atoms with Gasteiger partial charge >= 0.3 is 0 Å². The van der Waals surface area contributed by atoms with Crippen LogP contribution in [0.1, 0.15) is 5.56 Å². The van der Waals surface area contributed by atoms with Crippen LogP contribution in [-0.2, 0) is 0 Å². The summed E-state index contributed by atoms with van der Waals surface area (Å²) < 4.78 is 0. The molecule has 0 amide bonds. The van der Waals surface area contributed by atoms with Gasteiger partial charge in [0, 0.05) is 0 Å². The van der Waals surface area contributed by atoms with E-state index in [9.17, 15) is 0 Å². The zero-order chi connectivity index (χ0) is 8.39. The highest BCUT2D eigenvalue weighted by Gasteiger charge is 1.97. The molecule has 2 rings (SSSR count). The van der Waals surface area contributed by atoms with Crippen LogP contribution in [0.25, 0.3) is 10.8 Å². The minimum Gasteiger partial charge on any atom is -0.109 e. The van der Waals surface area contributed by atoms with E-state index < -0.39 is 0 Å². The highest BCUT2D eigenvalue weighted by atomic mass is 35.5. The Hall–Kier alpha value is -1.01. The average Bonchev–Trinajstić information content (AvgIpc) is 2.17. The predicted octanol–water partition coefficient (Wildman–Crippen LogP) is 3.47. The van der Waals surface area contributed by atoms with E-state index in [2.05, 4.69) is 18.0 Å². The first-order valence-corrected chi connectivity index (χ1v) is 4.14. The van der Waals surface area contributed by atoms with Gasteiger partial charge in [-0.05, 0) is 16.3 Å². The van der Waals surface area contributed by atoms with Crippen LogP contribution in [0.5, 0.6) is 0 Å². The van der Waals surface area contributed by atoms with E-state index in [0.717, 1.165) is 10.9 Å². The lowest BCUT2D eigenvalue weighted by molar-refractivity contribution is 1.65. The van der Waals surface area contributed by atoms with Crippen molar-refractivity contribution in [1.29, 1.82) is 0 Å². The number of hydrogen-bond acceptors (Lipinski definition) is 0. The Bertz CT molecular complexity index is 388. The number of benzene rings is 2. The Morgan fingerprint density at radius 2 is 1.67 bits per heavy atom. The summed E-state index contributed by atoms with van der Waals surface area (Å²) in [6.07, 6.45) is 0. The molecule has 0 bridgehead atoms. The van der Waals surface area contributed by atoms with Gasteiger partial charge in [-0.25, -0.2) is 0 Å². The van der Waals surface area contributed by atoms with Gasteiger partial charge in [0.05, 0.1) is 0 Å². The topological polar surface area (TPSA) is 0 Å². The molecule has 0 atom stereocenters. The fourth-order valence-electron chi connectivity index (χ4n) is 1.31. The number of rotatable bonds is 1. The zero-order valence-electron chi connectivity index (χ0n) is 6.42. The Labute approximate surface area is 76.8 Å². The SMILES string of the molecule is Cl[C]c1cccc2ccccc12. The van der Waals surface area contributed by atoms with Crippen molar-refractivity contribution in [1.82, 2.24) is 0 Å². The minimum atomic E-state index is 0.953. The highest BCUT2D eigenvalue weighted by Crippen LogP contribution is 2.20. The highest BCUT2D eigenvalue weighted by molar-refractivity contribution is 6.26. The summed E-state index contributed by atoms with van der Waals surface area (Å²) in [6.45, 7) is 0. The van der Waals surface area contributed by atoms with Crippen molar-refractivity contribution in [3.8, 4) is 0 Å². The van der Waals surface area contributed by atoms with Gasteiger partial charge in [-0.3, -0.25) is 0 Å². The number of fused-ring (bicyclic) bond motifs is 1. The lowest BCUT2D eigenvalue weighted by atomic mass is 10.1. The molecule has 0 aliphatic rings. The lowest BCUT2D eigenvalue weighted by Crippen LogP contribution is -1.78. The zero-order valence-corrected chi connectivity index (χ0v) is 7.18. The monoisotopic (exact) mass is 174 g/mol. The molecule has 2 radical (unpaired) electrons. The molecule has 0 heterocycles. The molecule has 2 aromatic rings. The Morgan fingerprint density at radius 1 is 0.917 bits per heavy atom. The van der Waals surface area contributed by atoms with Gasteiger partial charge in [-0.1, -0.05) is 42.5 Å². The largest absolute Gasteiger partial charge is 0.121 e. The van der Waals surface area contributed by atoms with Crippen molar-refractivity contribution in [3.63, 3.8) is 0 Å². The van der Waals surface area contributed by atoms with Crippen molar-refractivity contribution in [3.05, 3.63) is 53.9 Å². The molecule has 12 heavy (non-hydrogen) atoms. The maximum absolute atomic E-state index is 5.56. The molecule has 0 fully saturated rings. The molecule has 0 N–H and O–H groups in total. The lowest BCUT2D eigenvalue weighted by Gasteiger charge is -2.00. The van der Waals surface area contributed by atoms with E-state index in [0.29, 0.717) is 0 Å². The Morgan fingerprint density at radius 3 is 2.50 bits per heavy atom. The van der Waals surface area contributed by atoms with E-state index in [4.69, 9.17) is 11.6 Å². The summed E-state index contributed by atoms with van der Waals surface area (Å²) in [4.78, 5) is 0. The van der Waals surface area contributed by atoms with Crippen LogP contribution in [0.3, 0.4) is 0 Å². The second-order valence-electron chi connectivity index (χ2n) is 2.62. The number of hydrogen-bond donors (Lipinski definition) is 0. The van der Waals surface area contributed by atoms with Crippen LogP contribution < -0.4 is 0 Å². The smallest absolute Gasteiger partial charge is 0.109 e. The van der Waals surface area contributed by atoms with E-state index >= 15 is 0 Å². The molecule has 2 aromatic carbocycles. The summed E-state index contributed by atoms with van der Waals surface area (Å²) in [7, 11) is 0. The van der Waals surface area contributed by atoms with Gasteiger partial charge in [0.1, 0.15) is 5.88 Å². The quantitative estimate of drug-likeness (QED) is 0.621. The molecule has 58 valence electrons. The van der Waals surface area contributed by atoms with Gasteiger partial charge in [-0.15, -0.1) is 11.6 Å². The first kappa shape index (κ1) is 7.63. The first-order chi connectivity index (χ1) is 5.92. The van der Waals surface area contributed by atoms with Crippen LogP contribution in [0.2, 0.25) is 0 Å². The molecule has 0 saturated carbocycles. The van der Waals surface area contributed by atoms with Gasteiger partial charge in [0.25, 0.3) is 0 Å². The van der Waals surface area contributed by atoms with Crippen LogP contribution in [-0.4, -0.2) is 0 Å². The molecule has 0 aromatic heterocycles. The van der Waals surface area contributed by atoms with E-state index in [1.54, 1.807) is 0 Å². The molecule has 0 spiro atoms. The van der Waals surface area contributed by atoms with Crippen molar-refractivity contribution < 1.29 is 0 Å². The van der Waals surface area contributed by atoms with Crippen LogP contribution in [0.15, 0.2) is 42.5 Å². The molecule has 0 nitrogen and oxygen atoms in total. The van der Waals surface area contributed by atoms with Crippen molar-refractivity contribution in [2.45, 2.75) is 0 Å². The van der Waals surface area contributed by atoms with Crippen molar-refractivity contribution in [2.24, 2.45) is 0 Å². The fourth-order valence-corrected chi connectivity index (χ4v) is 1.47. The first-order valence-electron chi connectivity index (χ1n) is 3.76. The van der Waals surface area contributed by atoms with Crippen molar-refractivity contribution in [2.75, 3.05) is 0 Å². The summed E-state index contributed by atoms with van der Waals surface area (Å²) >= 11 is 5.56. The summed E-state index contributed by atoms with van der Waals surface area (Å²) in [6, 6.07) is 14.1. The number of halogens is 1. The van der Waals surface area contributed by atoms with Gasteiger partial charge in [0.2, 0.25) is 0 Å². The second-order valence-corrected chi connectivity index (χ2v) is 2.81. The van der Waals surface area contributed by atoms with Crippen molar-refractivity contribution >= 4 is 22.4 Å². The molecule has 0 aliphatic carbocycles. The van der Waals surface area contributed by atoms with Gasteiger partial charge < -0.3 is 0 Å². The van der Waals surface area contributed by atoms with Gasteiger partial charge in [-0.2, -0.15) is 0 Å². The third kappa shape index (κ3) is 1.19. The molecule has 0 unspecified atom stereocenters. The van der Waals surface area contributed by atoms with Crippen LogP contribution >= 0.6 is 11.6 Å². The molecular weight excluding hydrogens is 168 g/mol. The standard InChI is InChI=1S/C11H7Cl/c12-8-10-6-3-5-9-4-1-2-7-11(9)10/h1-7H. The average molecular weight is 175 g/mol. The molecule has 0 saturated heterocycles.